The Kier molecular flexibility index (Phi) is 2.05. The summed E-state index contributed by atoms with van der Waals surface area (Å²) in [5.41, 5.74) is 0. The highest BCUT2D eigenvalue weighted by Crippen LogP contribution is 2.29. The van der Waals surface area contributed by atoms with Gasteiger partial charge in [-0.3, -0.25) is 0 Å². The Morgan fingerprint density at radius 1 is 1.58 bits per heavy atom. The first kappa shape index (κ1) is 8.05. The van der Waals surface area contributed by atoms with Crippen molar-refractivity contribution in [3.63, 3.8) is 0 Å². The van der Waals surface area contributed by atoms with Crippen molar-refractivity contribution in [2.75, 3.05) is 0 Å². The van der Waals surface area contributed by atoms with E-state index in [9.17, 15) is 5.11 Å². The average Bonchev–Trinajstić information content (AvgIpc) is 2.46. The van der Waals surface area contributed by atoms with Crippen LogP contribution in [0, 0.1) is 0 Å². The van der Waals surface area contributed by atoms with Gasteiger partial charge >= 0.3 is 0 Å². The van der Waals surface area contributed by atoms with Crippen LogP contribution >= 0.6 is 0 Å². The second-order valence-corrected chi connectivity index (χ2v) is 3.57. The second kappa shape index (κ2) is 3.05. The Hall–Kier alpha value is -0.570. The minimum absolute atomic E-state index is 0.169. The summed E-state index contributed by atoms with van der Waals surface area (Å²) >= 11 is 0. The highest BCUT2D eigenvalue weighted by Gasteiger charge is 2.35. The second-order valence-electron chi connectivity index (χ2n) is 3.57. The summed E-state index contributed by atoms with van der Waals surface area (Å²) in [6.07, 6.45) is 3.50. The zero-order chi connectivity index (χ0) is 8.55. The third-order valence-corrected chi connectivity index (χ3v) is 2.63. The first-order valence-electron chi connectivity index (χ1n) is 4.71. The van der Waals surface area contributed by atoms with Gasteiger partial charge in [-0.25, -0.2) is 4.99 Å². The molecule has 2 rings (SSSR count). The maximum absolute atomic E-state index is 9.38. The van der Waals surface area contributed by atoms with Crippen LogP contribution in [0.1, 0.15) is 32.6 Å². The van der Waals surface area contributed by atoms with E-state index in [0.717, 1.165) is 31.6 Å². The molecule has 3 heteroatoms. The Bertz CT molecular complexity index is 203. The van der Waals surface area contributed by atoms with Crippen molar-refractivity contribution in [2.45, 2.75) is 50.9 Å². The number of nitrogens with zero attached hydrogens (tertiary/aromatic N) is 1. The molecule has 0 aromatic heterocycles. The van der Waals surface area contributed by atoms with E-state index < -0.39 is 0 Å². The Balaban J connectivity index is 2.00. The van der Waals surface area contributed by atoms with Crippen LogP contribution in [0.2, 0.25) is 0 Å². The van der Waals surface area contributed by atoms with Gasteiger partial charge in [-0.1, -0.05) is 6.92 Å². The molecule has 0 radical (unpaired) electrons. The molecule has 3 atom stereocenters. The molecule has 1 fully saturated rings. The standard InChI is InChI=1S/C9H15NO2/c1-2-9-10-7-4-3-6(11)5-8(7)12-9/h6-8,11H,2-5H2,1H3. The molecule has 2 aliphatic rings. The number of hydrogen-bond donors (Lipinski definition) is 1. The van der Waals surface area contributed by atoms with E-state index in [4.69, 9.17) is 4.74 Å². The molecule has 1 heterocycles. The summed E-state index contributed by atoms with van der Waals surface area (Å²) in [6.45, 7) is 2.05. The van der Waals surface area contributed by atoms with Crippen molar-refractivity contribution in [3.05, 3.63) is 0 Å². The van der Waals surface area contributed by atoms with Crippen LogP contribution in [0.4, 0.5) is 0 Å². The molecule has 1 saturated carbocycles. The van der Waals surface area contributed by atoms with Crippen molar-refractivity contribution >= 4 is 5.90 Å². The highest BCUT2D eigenvalue weighted by molar-refractivity contribution is 5.77. The predicted molar refractivity (Wildman–Crippen MR) is 46.2 cm³/mol. The minimum atomic E-state index is -0.169. The number of hydrogen-bond acceptors (Lipinski definition) is 3. The maximum atomic E-state index is 9.38. The fraction of sp³-hybridized carbons (Fsp3) is 0.889. The van der Waals surface area contributed by atoms with Gasteiger partial charge < -0.3 is 9.84 Å². The van der Waals surface area contributed by atoms with Gasteiger partial charge in [0, 0.05) is 12.8 Å². The molecule has 3 nitrogen and oxygen atoms in total. The molecule has 1 aliphatic heterocycles. The lowest BCUT2D eigenvalue weighted by atomic mass is 9.91. The van der Waals surface area contributed by atoms with E-state index in [1.165, 1.54) is 0 Å². The van der Waals surface area contributed by atoms with Crippen molar-refractivity contribution in [1.29, 1.82) is 0 Å². The van der Waals surface area contributed by atoms with Crippen molar-refractivity contribution in [1.82, 2.24) is 0 Å². The largest absolute Gasteiger partial charge is 0.475 e. The molecule has 0 aromatic carbocycles. The first-order valence-corrected chi connectivity index (χ1v) is 4.71. The average molecular weight is 169 g/mol. The lowest BCUT2D eigenvalue weighted by Crippen LogP contribution is -2.33. The topological polar surface area (TPSA) is 41.8 Å². The van der Waals surface area contributed by atoms with Gasteiger partial charge in [-0.15, -0.1) is 0 Å². The smallest absolute Gasteiger partial charge is 0.183 e. The van der Waals surface area contributed by atoms with Crippen molar-refractivity contribution < 1.29 is 9.84 Å². The molecular weight excluding hydrogens is 154 g/mol. The minimum Gasteiger partial charge on any atom is -0.475 e. The van der Waals surface area contributed by atoms with Crippen molar-refractivity contribution in [3.8, 4) is 0 Å². The maximum Gasteiger partial charge on any atom is 0.183 e. The number of aliphatic imine (C=N–C) groups is 1. The van der Waals surface area contributed by atoms with Crippen LogP contribution in [0.3, 0.4) is 0 Å². The van der Waals surface area contributed by atoms with E-state index in [0.29, 0.717) is 6.04 Å². The van der Waals surface area contributed by atoms with Gasteiger partial charge in [0.2, 0.25) is 0 Å². The quantitative estimate of drug-likeness (QED) is 0.638. The fourth-order valence-corrected chi connectivity index (χ4v) is 1.93. The van der Waals surface area contributed by atoms with Gasteiger partial charge in [-0.2, -0.15) is 0 Å². The van der Waals surface area contributed by atoms with E-state index in [1.807, 2.05) is 6.92 Å². The molecule has 3 unspecified atom stereocenters. The molecule has 1 aliphatic carbocycles. The summed E-state index contributed by atoms with van der Waals surface area (Å²) in [4.78, 5) is 4.45. The van der Waals surface area contributed by atoms with Crippen LogP contribution in [0.15, 0.2) is 4.99 Å². The SMILES string of the molecule is CCC1=NC2CCC(O)CC2O1. The van der Waals surface area contributed by atoms with E-state index in [2.05, 4.69) is 4.99 Å². The molecule has 0 saturated heterocycles. The number of ether oxygens (including phenoxy) is 1. The summed E-state index contributed by atoms with van der Waals surface area (Å²) in [5.74, 6) is 0.874. The lowest BCUT2D eigenvalue weighted by Gasteiger charge is -2.26. The molecule has 0 aromatic rings. The zero-order valence-corrected chi connectivity index (χ0v) is 7.36. The van der Waals surface area contributed by atoms with E-state index in [1.54, 1.807) is 0 Å². The van der Waals surface area contributed by atoms with Gasteiger partial charge in [0.05, 0.1) is 12.1 Å². The summed E-state index contributed by atoms with van der Waals surface area (Å²) < 4.78 is 5.57. The van der Waals surface area contributed by atoms with Crippen LogP contribution in [0.25, 0.3) is 0 Å². The first-order chi connectivity index (χ1) is 5.79. The number of rotatable bonds is 1. The monoisotopic (exact) mass is 169 g/mol. The Morgan fingerprint density at radius 2 is 2.42 bits per heavy atom. The third-order valence-electron chi connectivity index (χ3n) is 2.63. The summed E-state index contributed by atoms with van der Waals surface area (Å²) in [6, 6.07) is 0.336. The molecule has 0 amide bonds. The van der Waals surface area contributed by atoms with Gasteiger partial charge in [0.15, 0.2) is 5.90 Å². The number of aliphatic hydroxyl groups is 1. The summed E-state index contributed by atoms with van der Waals surface area (Å²) in [7, 11) is 0. The van der Waals surface area contributed by atoms with Crippen LogP contribution in [0.5, 0.6) is 0 Å². The molecule has 68 valence electrons. The zero-order valence-electron chi connectivity index (χ0n) is 7.36. The predicted octanol–water partition coefficient (Wildman–Crippen LogP) is 1.11. The van der Waals surface area contributed by atoms with Gasteiger partial charge in [0.25, 0.3) is 0 Å². The molecular formula is C9H15NO2. The highest BCUT2D eigenvalue weighted by atomic mass is 16.5. The van der Waals surface area contributed by atoms with E-state index in [-0.39, 0.29) is 12.2 Å². The molecule has 0 bridgehead atoms. The molecule has 1 N–H and O–H groups in total. The lowest BCUT2D eigenvalue weighted by molar-refractivity contribution is 0.0496. The third kappa shape index (κ3) is 1.33. The van der Waals surface area contributed by atoms with Crippen LogP contribution in [-0.4, -0.2) is 29.3 Å². The molecule has 12 heavy (non-hydrogen) atoms. The Labute approximate surface area is 72.5 Å². The van der Waals surface area contributed by atoms with Crippen molar-refractivity contribution in [2.24, 2.45) is 4.99 Å². The molecule has 0 spiro atoms. The summed E-state index contributed by atoms with van der Waals surface area (Å²) in [5, 5.41) is 9.38. The van der Waals surface area contributed by atoms with Gasteiger partial charge in [-0.05, 0) is 12.8 Å². The van der Waals surface area contributed by atoms with Crippen LogP contribution in [-0.2, 0) is 4.74 Å². The Morgan fingerprint density at radius 3 is 3.17 bits per heavy atom. The number of fused-ring (bicyclic) bond motifs is 1. The van der Waals surface area contributed by atoms with Crippen LogP contribution < -0.4 is 0 Å². The fourth-order valence-electron chi connectivity index (χ4n) is 1.93. The van der Waals surface area contributed by atoms with E-state index >= 15 is 0 Å². The van der Waals surface area contributed by atoms with Gasteiger partial charge in [0.1, 0.15) is 6.10 Å². The number of aliphatic hydroxyl groups excluding tert-OH is 1. The normalized spacial score (nSPS) is 40.2.